The molecule has 2 aromatic rings. The van der Waals surface area contributed by atoms with Crippen molar-refractivity contribution in [3.63, 3.8) is 0 Å². The third kappa shape index (κ3) is 3.56. The summed E-state index contributed by atoms with van der Waals surface area (Å²) in [6.45, 7) is 0. The first-order chi connectivity index (χ1) is 8.58. The third-order valence-electron chi connectivity index (χ3n) is 2.21. The van der Waals surface area contributed by atoms with Crippen LogP contribution in [0.1, 0.15) is 5.56 Å². The monoisotopic (exact) mass is 436 g/mol. The number of hydrogen-bond acceptors (Lipinski definition) is 1. The second-order valence-electron chi connectivity index (χ2n) is 3.61. The van der Waals surface area contributed by atoms with Crippen molar-refractivity contribution >= 4 is 47.8 Å². The number of hydrogen-bond donors (Lipinski definition) is 0. The van der Waals surface area contributed by atoms with E-state index in [-0.39, 0.29) is 5.82 Å². The molecular formula is C13H8Br3FO. The van der Waals surface area contributed by atoms with Gasteiger partial charge >= 0.3 is 0 Å². The molecule has 0 fully saturated rings. The Kier molecular flexibility index (Phi) is 4.81. The minimum atomic E-state index is -0.340. The molecule has 94 valence electrons. The summed E-state index contributed by atoms with van der Waals surface area (Å²) in [7, 11) is 0. The minimum Gasteiger partial charge on any atom is -0.456 e. The van der Waals surface area contributed by atoms with Gasteiger partial charge in [-0.05, 0) is 45.8 Å². The van der Waals surface area contributed by atoms with Crippen LogP contribution in [0.5, 0.6) is 11.5 Å². The highest BCUT2D eigenvalue weighted by Gasteiger charge is 2.06. The summed E-state index contributed by atoms with van der Waals surface area (Å²) in [5.74, 6) is 0.763. The molecule has 0 aromatic heterocycles. The van der Waals surface area contributed by atoms with Crippen molar-refractivity contribution in [2.75, 3.05) is 0 Å². The topological polar surface area (TPSA) is 9.23 Å². The first-order valence-electron chi connectivity index (χ1n) is 5.07. The second-order valence-corrected chi connectivity index (χ2v) is 5.94. The normalized spacial score (nSPS) is 10.4. The molecular weight excluding hydrogens is 431 g/mol. The van der Waals surface area contributed by atoms with E-state index in [0.29, 0.717) is 16.0 Å². The zero-order valence-electron chi connectivity index (χ0n) is 9.09. The summed E-state index contributed by atoms with van der Waals surface area (Å²) in [6.07, 6.45) is 0. The molecule has 18 heavy (non-hydrogen) atoms. The highest BCUT2D eigenvalue weighted by atomic mass is 79.9. The molecule has 1 nitrogen and oxygen atoms in total. The van der Waals surface area contributed by atoms with E-state index in [0.717, 1.165) is 15.4 Å². The summed E-state index contributed by atoms with van der Waals surface area (Å²) in [6, 6.07) is 10.2. The Morgan fingerprint density at radius 2 is 1.83 bits per heavy atom. The molecule has 0 amide bonds. The zero-order chi connectivity index (χ0) is 13.1. The number of ether oxygens (including phenoxy) is 1. The lowest BCUT2D eigenvalue weighted by molar-refractivity contribution is 0.473. The van der Waals surface area contributed by atoms with Gasteiger partial charge in [0.05, 0.1) is 4.47 Å². The SMILES string of the molecule is Fc1cc(Br)cc(Oc2ccc(CBr)cc2Br)c1. The number of benzene rings is 2. The maximum atomic E-state index is 13.2. The molecule has 5 heteroatoms. The lowest BCUT2D eigenvalue weighted by Gasteiger charge is -2.09. The third-order valence-corrected chi connectivity index (χ3v) is 3.94. The van der Waals surface area contributed by atoms with Gasteiger partial charge in [-0.25, -0.2) is 4.39 Å². The highest BCUT2D eigenvalue weighted by Crippen LogP contribution is 2.32. The predicted molar refractivity (Wildman–Crippen MR) is 80.9 cm³/mol. The summed E-state index contributed by atoms with van der Waals surface area (Å²) < 4.78 is 20.3. The molecule has 0 aliphatic carbocycles. The van der Waals surface area contributed by atoms with Gasteiger partial charge in [0.25, 0.3) is 0 Å². The predicted octanol–water partition coefficient (Wildman–Crippen LogP) is 6.04. The van der Waals surface area contributed by atoms with E-state index in [9.17, 15) is 4.39 Å². The van der Waals surface area contributed by atoms with Crippen molar-refractivity contribution in [1.29, 1.82) is 0 Å². The van der Waals surface area contributed by atoms with E-state index in [1.807, 2.05) is 18.2 Å². The minimum absolute atomic E-state index is 0.340. The average Bonchev–Trinajstić information content (AvgIpc) is 2.30. The van der Waals surface area contributed by atoms with E-state index >= 15 is 0 Å². The lowest BCUT2D eigenvalue weighted by Crippen LogP contribution is -1.88. The Balaban J connectivity index is 2.28. The summed E-state index contributed by atoms with van der Waals surface area (Å²) in [5, 5.41) is 0.775. The van der Waals surface area contributed by atoms with E-state index in [2.05, 4.69) is 47.8 Å². The number of rotatable bonds is 3. The molecule has 0 unspecified atom stereocenters. The van der Waals surface area contributed by atoms with Crippen LogP contribution in [-0.2, 0) is 5.33 Å². The maximum absolute atomic E-state index is 13.2. The molecule has 0 aliphatic rings. The zero-order valence-corrected chi connectivity index (χ0v) is 13.8. The van der Waals surface area contributed by atoms with Crippen molar-refractivity contribution in [2.45, 2.75) is 5.33 Å². The molecule has 0 spiro atoms. The highest BCUT2D eigenvalue weighted by molar-refractivity contribution is 9.11. The van der Waals surface area contributed by atoms with Crippen molar-refractivity contribution in [1.82, 2.24) is 0 Å². The number of alkyl halides is 1. The van der Waals surface area contributed by atoms with Crippen LogP contribution >= 0.6 is 47.8 Å². The van der Waals surface area contributed by atoms with Gasteiger partial charge in [-0.1, -0.05) is 37.9 Å². The first kappa shape index (κ1) is 14.0. The Labute approximate surface area is 130 Å². The Hall–Kier alpha value is -0.390. The summed E-state index contributed by atoms with van der Waals surface area (Å²) in [5.41, 5.74) is 1.13. The summed E-state index contributed by atoms with van der Waals surface area (Å²) >= 11 is 10.0. The molecule has 0 saturated heterocycles. The van der Waals surface area contributed by atoms with Gasteiger partial charge in [-0.15, -0.1) is 0 Å². The van der Waals surface area contributed by atoms with Gasteiger partial charge in [0, 0.05) is 15.9 Å². The molecule has 0 heterocycles. The van der Waals surface area contributed by atoms with Crippen LogP contribution in [0.15, 0.2) is 45.3 Å². The quantitative estimate of drug-likeness (QED) is 0.531. The molecule has 2 aromatic carbocycles. The van der Waals surface area contributed by atoms with Gasteiger partial charge < -0.3 is 4.74 Å². The van der Waals surface area contributed by atoms with Crippen LogP contribution in [0.2, 0.25) is 0 Å². The van der Waals surface area contributed by atoms with Crippen LogP contribution in [0, 0.1) is 5.82 Å². The van der Waals surface area contributed by atoms with E-state index in [1.165, 1.54) is 12.1 Å². The molecule has 2 rings (SSSR count). The van der Waals surface area contributed by atoms with Gasteiger partial charge in [-0.3, -0.25) is 0 Å². The fraction of sp³-hybridized carbons (Fsp3) is 0.0769. The van der Waals surface area contributed by atoms with Crippen molar-refractivity contribution < 1.29 is 9.13 Å². The van der Waals surface area contributed by atoms with Crippen LogP contribution in [0.4, 0.5) is 4.39 Å². The average molecular weight is 439 g/mol. The van der Waals surface area contributed by atoms with E-state index in [4.69, 9.17) is 4.74 Å². The van der Waals surface area contributed by atoms with Crippen LogP contribution in [0.25, 0.3) is 0 Å². The maximum Gasteiger partial charge on any atom is 0.141 e. The molecule has 0 saturated carbocycles. The Bertz CT molecular complexity index is 552. The van der Waals surface area contributed by atoms with Gasteiger partial charge in [-0.2, -0.15) is 0 Å². The molecule has 0 atom stereocenters. The fourth-order valence-electron chi connectivity index (χ4n) is 1.42. The standard InChI is InChI=1S/C13H8Br3FO/c14-7-8-1-2-13(12(16)3-8)18-11-5-9(15)4-10(17)6-11/h1-6H,7H2. The van der Waals surface area contributed by atoms with Crippen LogP contribution in [-0.4, -0.2) is 0 Å². The summed E-state index contributed by atoms with van der Waals surface area (Å²) in [4.78, 5) is 0. The van der Waals surface area contributed by atoms with Crippen molar-refractivity contribution in [2.24, 2.45) is 0 Å². The molecule has 0 radical (unpaired) electrons. The van der Waals surface area contributed by atoms with E-state index in [1.54, 1.807) is 6.07 Å². The largest absolute Gasteiger partial charge is 0.456 e. The van der Waals surface area contributed by atoms with Gasteiger partial charge in [0.15, 0.2) is 0 Å². The number of halogens is 4. The van der Waals surface area contributed by atoms with Crippen molar-refractivity contribution in [3.8, 4) is 11.5 Å². The molecule has 0 aliphatic heterocycles. The first-order valence-corrected chi connectivity index (χ1v) is 7.77. The van der Waals surface area contributed by atoms with Gasteiger partial charge in [0.2, 0.25) is 0 Å². The van der Waals surface area contributed by atoms with Crippen molar-refractivity contribution in [3.05, 3.63) is 56.7 Å². The molecule has 0 bridgehead atoms. The lowest BCUT2D eigenvalue weighted by atomic mass is 10.2. The Morgan fingerprint density at radius 1 is 1.06 bits per heavy atom. The van der Waals surface area contributed by atoms with E-state index < -0.39 is 0 Å². The van der Waals surface area contributed by atoms with Crippen LogP contribution in [0.3, 0.4) is 0 Å². The Morgan fingerprint density at radius 3 is 2.44 bits per heavy atom. The fourth-order valence-corrected chi connectivity index (χ4v) is 2.72. The van der Waals surface area contributed by atoms with Gasteiger partial charge in [0.1, 0.15) is 17.3 Å². The smallest absolute Gasteiger partial charge is 0.141 e. The van der Waals surface area contributed by atoms with Crippen LogP contribution < -0.4 is 4.74 Å². The molecule has 0 N–H and O–H groups in total. The second kappa shape index (κ2) is 6.17.